The predicted octanol–water partition coefficient (Wildman–Crippen LogP) is 9.63. The highest BCUT2D eigenvalue weighted by atomic mass is 15.1. The standard InChI is InChI=1S/C45H44N4/c1-46(2)33-21-31(22-34(27-33)47(3)4)29-17-19-39-37-13-9-11-15-41(37)45(43(39)25-29)42-16-12-10-14-38(42)40-20-18-30(26-44(40)45)32-23-35(48(5)6)28-36(24-32)49(7)8/h9-28H,1-8H3. The molecule has 0 unspecified atom stereocenters. The normalized spacial score (nSPS) is 13.1. The SMILES string of the molecule is CN(C)c1cc(-c2ccc3c(c2)C2(c4ccccc4-3)c3ccccc3-c3ccc(-c4cc(N(C)C)cc(N(C)C)c4)cc32)cc(N(C)C)c1. The van der Waals surface area contributed by atoms with Crippen LogP contribution in [0.3, 0.4) is 0 Å². The Hall–Kier alpha value is -5.48. The minimum absolute atomic E-state index is 0.434. The molecule has 0 aliphatic heterocycles. The Morgan fingerprint density at radius 2 is 0.633 bits per heavy atom. The van der Waals surface area contributed by atoms with Crippen molar-refractivity contribution in [1.82, 2.24) is 0 Å². The van der Waals surface area contributed by atoms with Gasteiger partial charge in [0, 0.05) is 79.1 Å². The Bertz CT molecular complexity index is 2050. The van der Waals surface area contributed by atoms with Crippen LogP contribution >= 0.6 is 0 Å². The molecule has 0 heterocycles. The summed E-state index contributed by atoms with van der Waals surface area (Å²) in [6.07, 6.45) is 0. The van der Waals surface area contributed by atoms with Crippen LogP contribution in [0.5, 0.6) is 0 Å². The van der Waals surface area contributed by atoms with Gasteiger partial charge in [-0.25, -0.2) is 0 Å². The van der Waals surface area contributed by atoms with Crippen molar-refractivity contribution in [1.29, 1.82) is 0 Å². The van der Waals surface area contributed by atoms with Gasteiger partial charge in [-0.05, 0) is 115 Å². The molecule has 0 N–H and O–H groups in total. The average Bonchev–Trinajstić information content (AvgIpc) is 3.57. The van der Waals surface area contributed by atoms with Gasteiger partial charge in [0.05, 0.1) is 5.41 Å². The number of nitrogens with zero attached hydrogens (tertiary/aromatic N) is 4. The van der Waals surface area contributed by atoms with Crippen LogP contribution in [0.1, 0.15) is 22.3 Å². The zero-order chi connectivity index (χ0) is 34.2. The first-order valence-corrected chi connectivity index (χ1v) is 17.1. The van der Waals surface area contributed by atoms with Gasteiger partial charge in [-0.3, -0.25) is 0 Å². The van der Waals surface area contributed by atoms with Gasteiger partial charge in [-0.15, -0.1) is 0 Å². The minimum atomic E-state index is -0.434. The fourth-order valence-corrected chi connectivity index (χ4v) is 8.05. The summed E-state index contributed by atoms with van der Waals surface area (Å²) in [6.45, 7) is 0. The zero-order valence-electron chi connectivity index (χ0n) is 29.8. The molecule has 8 rings (SSSR count). The van der Waals surface area contributed by atoms with Gasteiger partial charge in [-0.1, -0.05) is 72.8 Å². The Balaban J connectivity index is 1.42. The summed E-state index contributed by atoms with van der Waals surface area (Å²) >= 11 is 0. The molecule has 0 fully saturated rings. The van der Waals surface area contributed by atoms with Gasteiger partial charge in [0.25, 0.3) is 0 Å². The van der Waals surface area contributed by atoms with Crippen LogP contribution in [0.25, 0.3) is 44.5 Å². The molecule has 244 valence electrons. The first-order chi connectivity index (χ1) is 23.6. The van der Waals surface area contributed by atoms with Gasteiger partial charge in [0.15, 0.2) is 0 Å². The summed E-state index contributed by atoms with van der Waals surface area (Å²) in [5, 5.41) is 0. The van der Waals surface area contributed by atoms with E-state index in [1.54, 1.807) is 0 Å². The number of rotatable bonds is 6. The van der Waals surface area contributed by atoms with E-state index in [9.17, 15) is 0 Å². The van der Waals surface area contributed by atoms with E-state index in [4.69, 9.17) is 0 Å². The van der Waals surface area contributed by atoms with Crippen molar-refractivity contribution in [3.05, 3.63) is 144 Å². The first kappa shape index (κ1) is 30.8. The zero-order valence-corrected chi connectivity index (χ0v) is 29.8. The van der Waals surface area contributed by atoms with Crippen LogP contribution in [0.4, 0.5) is 22.7 Å². The Kier molecular flexibility index (Phi) is 7.11. The summed E-state index contributed by atoms with van der Waals surface area (Å²) < 4.78 is 0. The van der Waals surface area contributed by atoms with E-state index >= 15 is 0 Å². The highest BCUT2D eigenvalue weighted by molar-refractivity contribution is 5.97. The molecule has 0 saturated carbocycles. The molecule has 4 nitrogen and oxygen atoms in total. The third-order valence-corrected chi connectivity index (χ3v) is 10.6. The predicted molar refractivity (Wildman–Crippen MR) is 211 cm³/mol. The molecule has 0 aromatic heterocycles. The number of benzene rings is 6. The van der Waals surface area contributed by atoms with Crippen LogP contribution in [0.2, 0.25) is 0 Å². The molecule has 1 spiro atoms. The maximum Gasteiger partial charge on any atom is 0.0725 e. The molecule has 2 aliphatic carbocycles. The van der Waals surface area contributed by atoms with E-state index in [1.807, 2.05) is 0 Å². The van der Waals surface area contributed by atoms with Gasteiger partial charge in [0.2, 0.25) is 0 Å². The van der Waals surface area contributed by atoms with Crippen molar-refractivity contribution in [3.63, 3.8) is 0 Å². The van der Waals surface area contributed by atoms with Crippen molar-refractivity contribution in [3.8, 4) is 44.5 Å². The third kappa shape index (κ3) is 4.65. The molecule has 6 aromatic rings. The van der Waals surface area contributed by atoms with Crippen LogP contribution in [0.15, 0.2) is 121 Å². The Morgan fingerprint density at radius 1 is 0.306 bits per heavy atom. The van der Waals surface area contributed by atoms with E-state index in [0.717, 1.165) is 0 Å². The fourth-order valence-electron chi connectivity index (χ4n) is 8.05. The quantitative estimate of drug-likeness (QED) is 0.179. The number of fused-ring (bicyclic) bond motifs is 10. The van der Waals surface area contributed by atoms with Crippen LogP contribution in [-0.4, -0.2) is 56.4 Å². The van der Waals surface area contributed by atoms with Crippen molar-refractivity contribution in [2.75, 3.05) is 76.0 Å². The second kappa shape index (κ2) is 11.3. The summed E-state index contributed by atoms with van der Waals surface area (Å²) in [5.41, 5.74) is 19.9. The highest BCUT2D eigenvalue weighted by Gasteiger charge is 2.51. The molecule has 0 radical (unpaired) electrons. The van der Waals surface area contributed by atoms with E-state index in [-0.39, 0.29) is 0 Å². The number of hydrogen-bond donors (Lipinski definition) is 0. The average molecular weight is 641 g/mol. The van der Waals surface area contributed by atoms with E-state index in [2.05, 4.69) is 197 Å². The van der Waals surface area contributed by atoms with Crippen LogP contribution < -0.4 is 19.6 Å². The lowest BCUT2D eigenvalue weighted by Gasteiger charge is -2.31. The van der Waals surface area contributed by atoms with Crippen LogP contribution in [0, 0.1) is 0 Å². The molecule has 6 aromatic carbocycles. The van der Waals surface area contributed by atoms with Gasteiger partial charge in [-0.2, -0.15) is 0 Å². The molecule has 2 aliphatic rings. The summed E-state index contributed by atoms with van der Waals surface area (Å²) in [4.78, 5) is 8.77. The molecule has 0 saturated heterocycles. The smallest absolute Gasteiger partial charge is 0.0725 e. The molecule has 4 heteroatoms. The number of anilines is 4. The molecular formula is C45H44N4. The lowest BCUT2D eigenvalue weighted by Crippen LogP contribution is -2.26. The van der Waals surface area contributed by atoms with Crippen molar-refractivity contribution < 1.29 is 0 Å². The summed E-state index contributed by atoms with van der Waals surface area (Å²) in [5.74, 6) is 0. The third-order valence-electron chi connectivity index (χ3n) is 10.6. The summed E-state index contributed by atoms with van der Waals surface area (Å²) in [7, 11) is 16.9. The Labute approximate surface area is 291 Å². The van der Waals surface area contributed by atoms with Crippen molar-refractivity contribution >= 4 is 22.7 Å². The molecule has 0 atom stereocenters. The molecule has 0 bridgehead atoms. The lowest BCUT2D eigenvalue weighted by molar-refractivity contribution is 0.794. The van der Waals surface area contributed by atoms with Crippen molar-refractivity contribution in [2.24, 2.45) is 0 Å². The first-order valence-electron chi connectivity index (χ1n) is 17.1. The second-order valence-electron chi connectivity index (χ2n) is 14.4. The largest absolute Gasteiger partial charge is 0.378 e. The summed E-state index contributed by atoms with van der Waals surface area (Å²) in [6, 6.07) is 46.3. The highest BCUT2D eigenvalue weighted by Crippen LogP contribution is 2.63. The maximum absolute atomic E-state index is 2.49. The van der Waals surface area contributed by atoms with Gasteiger partial charge in [0.1, 0.15) is 0 Å². The topological polar surface area (TPSA) is 13.0 Å². The monoisotopic (exact) mass is 640 g/mol. The fraction of sp³-hybridized carbons (Fsp3) is 0.200. The Morgan fingerprint density at radius 3 is 0.980 bits per heavy atom. The molecule has 49 heavy (non-hydrogen) atoms. The van der Waals surface area contributed by atoms with Gasteiger partial charge >= 0.3 is 0 Å². The van der Waals surface area contributed by atoms with E-state index in [1.165, 1.54) is 89.5 Å². The second-order valence-corrected chi connectivity index (χ2v) is 14.4. The maximum atomic E-state index is 2.49. The minimum Gasteiger partial charge on any atom is -0.378 e. The number of hydrogen-bond acceptors (Lipinski definition) is 4. The van der Waals surface area contributed by atoms with Crippen LogP contribution in [-0.2, 0) is 5.41 Å². The van der Waals surface area contributed by atoms with E-state index < -0.39 is 5.41 Å². The molecule has 0 amide bonds. The lowest BCUT2D eigenvalue weighted by atomic mass is 9.70. The molecular weight excluding hydrogens is 597 g/mol. The van der Waals surface area contributed by atoms with Gasteiger partial charge < -0.3 is 19.6 Å². The van der Waals surface area contributed by atoms with Crippen molar-refractivity contribution in [2.45, 2.75) is 5.41 Å². The van der Waals surface area contributed by atoms with E-state index in [0.29, 0.717) is 0 Å².